The van der Waals surface area contributed by atoms with E-state index in [0.717, 1.165) is 12.6 Å². The van der Waals surface area contributed by atoms with Crippen LogP contribution in [0.15, 0.2) is 0 Å². The summed E-state index contributed by atoms with van der Waals surface area (Å²) in [6.07, 6.45) is 2.02. The lowest BCUT2D eigenvalue weighted by Crippen LogP contribution is -2.50. The van der Waals surface area contributed by atoms with Gasteiger partial charge in [0.1, 0.15) is 12.6 Å². The molecule has 16 heteroatoms. The molecule has 4 N–H and O–H groups in total. The molecule has 16 nitrogen and oxygen atoms in total. The normalized spacial score (nSPS) is 17.0. The maximum absolute atomic E-state index is 11.4. The molecule has 0 amide bonds. The van der Waals surface area contributed by atoms with Gasteiger partial charge in [0.05, 0.1) is 79.2 Å². The molecule has 244 valence electrons. The van der Waals surface area contributed by atoms with E-state index in [-0.39, 0.29) is 19.6 Å². The average Bonchev–Trinajstić information content (AvgIpc) is 2.95. The summed E-state index contributed by atoms with van der Waals surface area (Å²) in [6.45, 7) is 8.90. The standard InChI is InChI=1S/C26H50N6O10/c33-12-1-14-39-16-18-41-20-21-42-19-17-40-15-2-27-28-24-32-9-7-30(22-25(35)36)5-3-29(11-13-34)4-6-31(8-10-32)23-26(37)38/h12-13,27-28H,1-11,14-24H2,(H,35,36)(H,37,38). The molecule has 1 aliphatic heterocycles. The number of nitrogens with one attached hydrogen (secondary N) is 2. The fourth-order valence-corrected chi connectivity index (χ4v) is 4.00. The number of ether oxygens (including phenoxy) is 4. The van der Waals surface area contributed by atoms with E-state index in [2.05, 4.69) is 15.8 Å². The van der Waals surface area contributed by atoms with Crippen LogP contribution in [-0.2, 0) is 38.1 Å². The molecule has 0 aliphatic carbocycles. The third-order valence-corrected chi connectivity index (χ3v) is 6.28. The van der Waals surface area contributed by atoms with Crippen molar-refractivity contribution in [2.24, 2.45) is 0 Å². The minimum atomic E-state index is -0.907. The smallest absolute Gasteiger partial charge is 0.317 e. The first-order valence-corrected chi connectivity index (χ1v) is 14.4. The summed E-state index contributed by atoms with van der Waals surface area (Å²) in [5.41, 5.74) is 6.26. The van der Waals surface area contributed by atoms with Crippen LogP contribution in [0.3, 0.4) is 0 Å². The molecular weight excluding hydrogens is 556 g/mol. The number of carbonyl (C=O) groups excluding carboxylic acids is 2. The van der Waals surface area contributed by atoms with Gasteiger partial charge < -0.3 is 38.7 Å². The van der Waals surface area contributed by atoms with Crippen LogP contribution in [0.1, 0.15) is 6.42 Å². The summed E-state index contributed by atoms with van der Waals surface area (Å²) in [5.74, 6) is -1.81. The van der Waals surface area contributed by atoms with Crippen molar-refractivity contribution in [3.8, 4) is 0 Å². The molecule has 1 rings (SSSR count). The van der Waals surface area contributed by atoms with Crippen molar-refractivity contribution in [3.05, 3.63) is 0 Å². The first-order chi connectivity index (χ1) is 20.4. The van der Waals surface area contributed by atoms with E-state index in [9.17, 15) is 29.4 Å². The van der Waals surface area contributed by atoms with E-state index in [1.54, 1.807) is 0 Å². The third kappa shape index (κ3) is 22.5. The Morgan fingerprint density at radius 3 is 1.45 bits per heavy atom. The summed E-state index contributed by atoms with van der Waals surface area (Å²) in [7, 11) is 0. The van der Waals surface area contributed by atoms with Crippen LogP contribution >= 0.6 is 0 Å². The maximum Gasteiger partial charge on any atom is 0.317 e. The summed E-state index contributed by atoms with van der Waals surface area (Å²) >= 11 is 0. The lowest BCUT2D eigenvalue weighted by molar-refractivity contribution is -0.139. The van der Waals surface area contributed by atoms with Crippen molar-refractivity contribution >= 4 is 24.5 Å². The van der Waals surface area contributed by atoms with Crippen LogP contribution in [-0.4, -0.2) is 192 Å². The monoisotopic (exact) mass is 606 g/mol. The van der Waals surface area contributed by atoms with E-state index in [0.29, 0.717) is 125 Å². The fraction of sp³-hybridized carbons (Fsp3) is 0.846. The number of hydrazine groups is 1. The zero-order valence-electron chi connectivity index (χ0n) is 24.7. The van der Waals surface area contributed by atoms with Gasteiger partial charge in [0.2, 0.25) is 0 Å². The number of rotatable bonds is 24. The van der Waals surface area contributed by atoms with Crippen LogP contribution in [0.4, 0.5) is 0 Å². The first-order valence-electron chi connectivity index (χ1n) is 14.4. The Kier molecular flexibility index (Phi) is 23.9. The van der Waals surface area contributed by atoms with Crippen LogP contribution in [0.2, 0.25) is 0 Å². The van der Waals surface area contributed by atoms with Crippen molar-refractivity contribution in [1.29, 1.82) is 0 Å². The second kappa shape index (κ2) is 26.5. The fourth-order valence-electron chi connectivity index (χ4n) is 4.00. The Balaban J connectivity index is 2.30. The predicted molar refractivity (Wildman–Crippen MR) is 152 cm³/mol. The Morgan fingerprint density at radius 1 is 0.571 bits per heavy atom. The quantitative estimate of drug-likeness (QED) is 0.0505. The zero-order chi connectivity index (χ0) is 30.7. The molecule has 0 bridgehead atoms. The molecule has 1 aliphatic rings. The van der Waals surface area contributed by atoms with Gasteiger partial charge in [0.25, 0.3) is 0 Å². The minimum Gasteiger partial charge on any atom is -0.480 e. The number of nitrogens with zero attached hydrogens (tertiary/aromatic N) is 4. The van der Waals surface area contributed by atoms with Gasteiger partial charge in [-0.25, -0.2) is 5.43 Å². The second-order valence-corrected chi connectivity index (χ2v) is 9.59. The molecule has 0 aromatic carbocycles. The van der Waals surface area contributed by atoms with Crippen molar-refractivity contribution in [3.63, 3.8) is 0 Å². The minimum absolute atomic E-state index is 0.0912. The first kappa shape index (κ1) is 37.9. The van der Waals surface area contributed by atoms with Crippen LogP contribution < -0.4 is 10.9 Å². The van der Waals surface area contributed by atoms with Crippen LogP contribution in [0.25, 0.3) is 0 Å². The highest BCUT2D eigenvalue weighted by Gasteiger charge is 2.18. The molecule has 0 aromatic heterocycles. The van der Waals surface area contributed by atoms with Gasteiger partial charge in [-0.05, 0) is 0 Å². The number of hydrogen-bond acceptors (Lipinski definition) is 14. The van der Waals surface area contributed by atoms with E-state index in [1.807, 2.05) is 14.7 Å². The summed E-state index contributed by atoms with van der Waals surface area (Å²) in [6, 6.07) is 0. The summed E-state index contributed by atoms with van der Waals surface area (Å²) < 4.78 is 21.6. The van der Waals surface area contributed by atoms with Crippen molar-refractivity contribution in [2.45, 2.75) is 6.42 Å². The Bertz CT molecular complexity index is 691. The average molecular weight is 607 g/mol. The van der Waals surface area contributed by atoms with Gasteiger partial charge in [-0.15, -0.1) is 0 Å². The molecule has 42 heavy (non-hydrogen) atoms. The Labute approximate surface area is 248 Å². The van der Waals surface area contributed by atoms with Crippen LogP contribution in [0.5, 0.6) is 0 Å². The second-order valence-electron chi connectivity index (χ2n) is 9.59. The molecular formula is C26H50N6O10. The molecule has 0 atom stereocenters. The SMILES string of the molecule is O=CCCOCCOCCOCCOCCNNCN1CCN(CC(=O)O)CCN(CC=O)CCN(CC(=O)O)CC1. The molecule has 0 radical (unpaired) electrons. The highest BCUT2D eigenvalue weighted by molar-refractivity contribution is 5.69. The number of carboxylic acids is 2. The predicted octanol–water partition coefficient (Wildman–Crippen LogP) is -2.72. The number of carbonyl (C=O) groups is 4. The van der Waals surface area contributed by atoms with E-state index in [1.165, 1.54) is 0 Å². The molecule has 0 unspecified atom stereocenters. The Morgan fingerprint density at radius 2 is 1.00 bits per heavy atom. The topological polar surface area (TPSA) is 183 Å². The highest BCUT2D eigenvalue weighted by Crippen LogP contribution is 2.00. The molecule has 0 aromatic rings. The van der Waals surface area contributed by atoms with E-state index >= 15 is 0 Å². The van der Waals surface area contributed by atoms with Crippen molar-refractivity contribution in [2.75, 3.05) is 138 Å². The zero-order valence-corrected chi connectivity index (χ0v) is 24.7. The van der Waals surface area contributed by atoms with Gasteiger partial charge in [-0.3, -0.25) is 34.6 Å². The molecule has 1 fully saturated rings. The van der Waals surface area contributed by atoms with Gasteiger partial charge in [0, 0.05) is 65.3 Å². The van der Waals surface area contributed by atoms with E-state index < -0.39 is 11.9 Å². The largest absolute Gasteiger partial charge is 0.480 e. The molecule has 1 saturated heterocycles. The summed E-state index contributed by atoms with van der Waals surface area (Å²) in [4.78, 5) is 51.8. The number of hydrogen-bond donors (Lipinski definition) is 4. The lowest BCUT2D eigenvalue weighted by atomic mass is 10.3. The maximum atomic E-state index is 11.4. The van der Waals surface area contributed by atoms with Gasteiger partial charge in [-0.2, -0.15) is 0 Å². The molecule has 0 saturated carbocycles. The lowest BCUT2D eigenvalue weighted by Gasteiger charge is -2.33. The number of aliphatic carboxylic acids is 2. The molecule has 1 heterocycles. The number of carboxylic acid groups (broad SMARTS) is 2. The Hall–Kier alpha value is -2.12. The highest BCUT2D eigenvalue weighted by atomic mass is 16.6. The molecule has 0 spiro atoms. The third-order valence-electron chi connectivity index (χ3n) is 6.28. The number of aldehydes is 2. The van der Waals surface area contributed by atoms with Crippen molar-refractivity contribution < 1.29 is 48.3 Å². The van der Waals surface area contributed by atoms with Crippen LogP contribution in [0, 0.1) is 0 Å². The van der Waals surface area contributed by atoms with Gasteiger partial charge in [-0.1, -0.05) is 0 Å². The van der Waals surface area contributed by atoms with Gasteiger partial charge >= 0.3 is 11.9 Å². The van der Waals surface area contributed by atoms with Gasteiger partial charge in [0.15, 0.2) is 0 Å². The summed E-state index contributed by atoms with van der Waals surface area (Å²) in [5, 5.41) is 18.7. The van der Waals surface area contributed by atoms with Crippen molar-refractivity contribution in [1.82, 2.24) is 30.5 Å². The van der Waals surface area contributed by atoms with E-state index in [4.69, 9.17) is 18.9 Å².